The van der Waals surface area contributed by atoms with Crippen molar-refractivity contribution in [2.75, 3.05) is 5.73 Å². The molecule has 0 aliphatic heterocycles. The number of benzene rings is 2. The molecule has 0 amide bonds. The van der Waals surface area contributed by atoms with Gasteiger partial charge in [0.25, 0.3) is 0 Å². The molecule has 2 aromatic carbocycles. The molecule has 0 bridgehead atoms. The van der Waals surface area contributed by atoms with Crippen molar-refractivity contribution in [1.29, 1.82) is 0 Å². The number of nitrogen functional groups attached to an aromatic ring is 1. The number of aryl methyl sites for hydroxylation is 1. The maximum Gasteiger partial charge on any atom is 0.187 e. The fourth-order valence-corrected chi connectivity index (χ4v) is 2.16. The first-order valence-corrected chi connectivity index (χ1v) is 6.85. The number of anilines is 1. The van der Waals surface area contributed by atoms with Crippen LogP contribution in [0.5, 0.6) is 0 Å². The molecule has 6 heteroatoms. The molecule has 0 aliphatic carbocycles. The van der Waals surface area contributed by atoms with Crippen molar-refractivity contribution in [3.63, 3.8) is 0 Å². The molecule has 0 aliphatic rings. The second-order valence-electron chi connectivity index (χ2n) is 4.49. The molecule has 0 saturated carbocycles. The van der Waals surface area contributed by atoms with Gasteiger partial charge in [-0.15, -0.1) is 5.10 Å². The first kappa shape index (κ1) is 12.8. The van der Waals surface area contributed by atoms with Gasteiger partial charge < -0.3 is 5.73 Å². The minimum Gasteiger partial charge on any atom is -0.398 e. The number of hydrogen-bond donors (Lipinski definition) is 1. The maximum atomic E-state index is 5.91. The summed E-state index contributed by atoms with van der Waals surface area (Å²) in [5.41, 5.74) is 9.54. The van der Waals surface area contributed by atoms with Gasteiger partial charge in [0.15, 0.2) is 5.82 Å². The van der Waals surface area contributed by atoms with Gasteiger partial charge in [-0.2, -0.15) is 4.68 Å². The van der Waals surface area contributed by atoms with Gasteiger partial charge in [-0.3, -0.25) is 0 Å². The average molecular weight is 330 g/mol. The summed E-state index contributed by atoms with van der Waals surface area (Å²) in [7, 11) is 0. The van der Waals surface area contributed by atoms with E-state index in [1.165, 1.54) is 5.56 Å². The predicted molar refractivity (Wildman–Crippen MR) is 81.4 cm³/mol. The molecular weight excluding hydrogens is 318 g/mol. The Balaban J connectivity index is 2.10. The van der Waals surface area contributed by atoms with Crippen molar-refractivity contribution in [1.82, 2.24) is 20.2 Å². The van der Waals surface area contributed by atoms with Crippen LogP contribution in [0.4, 0.5) is 5.69 Å². The number of rotatable bonds is 2. The third-order valence-corrected chi connectivity index (χ3v) is 3.72. The van der Waals surface area contributed by atoms with E-state index in [2.05, 4.69) is 31.5 Å². The smallest absolute Gasteiger partial charge is 0.187 e. The fraction of sp³-hybridized carbons (Fsp3) is 0.0714. The quantitative estimate of drug-likeness (QED) is 0.734. The molecule has 1 heterocycles. The predicted octanol–water partition coefficient (Wildman–Crippen LogP) is 2.98. The van der Waals surface area contributed by atoms with E-state index < -0.39 is 0 Å². The lowest BCUT2D eigenvalue weighted by atomic mass is 10.2. The second-order valence-corrected chi connectivity index (χ2v) is 5.34. The molecule has 0 fully saturated rings. The van der Waals surface area contributed by atoms with Crippen LogP contribution in [-0.2, 0) is 0 Å². The van der Waals surface area contributed by atoms with E-state index in [1.54, 1.807) is 4.68 Å². The minimum atomic E-state index is 0.654. The molecule has 0 unspecified atom stereocenters. The van der Waals surface area contributed by atoms with E-state index in [0.29, 0.717) is 11.5 Å². The van der Waals surface area contributed by atoms with Crippen LogP contribution in [0.15, 0.2) is 46.9 Å². The highest BCUT2D eigenvalue weighted by Gasteiger charge is 2.11. The van der Waals surface area contributed by atoms with Crippen LogP contribution in [0.25, 0.3) is 17.1 Å². The van der Waals surface area contributed by atoms with Crippen molar-refractivity contribution in [2.24, 2.45) is 0 Å². The lowest BCUT2D eigenvalue weighted by Gasteiger charge is -2.06. The molecule has 20 heavy (non-hydrogen) atoms. The van der Waals surface area contributed by atoms with Crippen LogP contribution in [0.1, 0.15) is 5.56 Å². The van der Waals surface area contributed by atoms with E-state index in [9.17, 15) is 0 Å². The van der Waals surface area contributed by atoms with Crippen LogP contribution >= 0.6 is 15.9 Å². The van der Waals surface area contributed by atoms with E-state index in [-0.39, 0.29) is 0 Å². The maximum absolute atomic E-state index is 5.91. The van der Waals surface area contributed by atoms with Crippen molar-refractivity contribution in [3.05, 3.63) is 52.5 Å². The van der Waals surface area contributed by atoms with E-state index >= 15 is 0 Å². The molecule has 100 valence electrons. The topological polar surface area (TPSA) is 69.6 Å². The summed E-state index contributed by atoms with van der Waals surface area (Å²) in [6, 6.07) is 13.7. The third kappa shape index (κ3) is 2.30. The number of halogens is 1. The molecular formula is C14H12BrN5. The molecule has 2 N–H and O–H groups in total. The summed E-state index contributed by atoms with van der Waals surface area (Å²) in [6.07, 6.45) is 0. The van der Waals surface area contributed by atoms with E-state index in [0.717, 1.165) is 15.7 Å². The van der Waals surface area contributed by atoms with E-state index in [1.807, 2.05) is 49.4 Å². The Kier molecular flexibility index (Phi) is 3.23. The summed E-state index contributed by atoms with van der Waals surface area (Å²) in [5.74, 6) is 0.660. The van der Waals surface area contributed by atoms with Crippen LogP contribution in [-0.4, -0.2) is 20.2 Å². The highest BCUT2D eigenvalue weighted by Crippen LogP contribution is 2.26. The Morgan fingerprint density at radius 2 is 1.85 bits per heavy atom. The van der Waals surface area contributed by atoms with Gasteiger partial charge in [0.05, 0.1) is 5.69 Å². The Labute approximate surface area is 124 Å². The van der Waals surface area contributed by atoms with E-state index in [4.69, 9.17) is 5.73 Å². The van der Waals surface area contributed by atoms with Crippen molar-refractivity contribution in [3.8, 4) is 17.1 Å². The molecule has 0 radical (unpaired) electrons. The first-order chi connectivity index (χ1) is 9.65. The lowest BCUT2D eigenvalue weighted by Crippen LogP contribution is -2.00. The first-order valence-electron chi connectivity index (χ1n) is 6.06. The average Bonchev–Trinajstić information content (AvgIpc) is 2.92. The van der Waals surface area contributed by atoms with Gasteiger partial charge in [0.2, 0.25) is 0 Å². The standard InChI is InChI=1S/C14H12BrN5/c1-9-2-5-11(6-3-9)20-14(17-18-19-20)10-4-7-12(15)13(16)8-10/h2-8H,16H2,1H3. The molecule has 0 spiro atoms. The largest absolute Gasteiger partial charge is 0.398 e. The Morgan fingerprint density at radius 1 is 1.10 bits per heavy atom. The van der Waals surface area contributed by atoms with Crippen molar-refractivity contribution < 1.29 is 0 Å². The third-order valence-electron chi connectivity index (χ3n) is 3.00. The van der Waals surface area contributed by atoms with Gasteiger partial charge >= 0.3 is 0 Å². The summed E-state index contributed by atoms with van der Waals surface area (Å²) in [4.78, 5) is 0. The zero-order valence-electron chi connectivity index (χ0n) is 10.8. The number of hydrogen-bond acceptors (Lipinski definition) is 4. The highest BCUT2D eigenvalue weighted by atomic mass is 79.9. The van der Waals surface area contributed by atoms with Gasteiger partial charge in [-0.1, -0.05) is 17.7 Å². The normalized spacial score (nSPS) is 10.7. The molecule has 5 nitrogen and oxygen atoms in total. The second kappa shape index (κ2) is 5.05. The van der Waals surface area contributed by atoms with Gasteiger partial charge in [-0.25, -0.2) is 0 Å². The SMILES string of the molecule is Cc1ccc(-n2nnnc2-c2ccc(Br)c(N)c2)cc1. The van der Waals surface area contributed by atoms with Crippen LogP contribution in [0, 0.1) is 6.92 Å². The van der Waals surface area contributed by atoms with Crippen molar-refractivity contribution >= 4 is 21.6 Å². The highest BCUT2D eigenvalue weighted by molar-refractivity contribution is 9.10. The molecule has 1 aromatic heterocycles. The Morgan fingerprint density at radius 3 is 2.55 bits per heavy atom. The van der Waals surface area contributed by atoms with Gasteiger partial charge in [-0.05, 0) is 63.6 Å². The van der Waals surface area contributed by atoms with Gasteiger partial charge in [0.1, 0.15) is 0 Å². The number of nitrogens with zero attached hydrogens (tertiary/aromatic N) is 4. The van der Waals surface area contributed by atoms with Gasteiger partial charge in [0, 0.05) is 15.7 Å². The van der Waals surface area contributed by atoms with Crippen LogP contribution in [0.2, 0.25) is 0 Å². The van der Waals surface area contributed by atoms with Crippen LogP contribution < -0.4 is 5.73 Å². The lowest BCUT2D eigenvalue weighted by molar-refractivity contribution is 0.791. The number of tetrazole rings is 1. The zero-order valence-corrected chi connectivity index (χ0v) is 12.4. The zero-order chi connectivity index (χ0) is 14.1. The summed E-state index contributed by atoms with van der Waals surface area (Å²) in [5, 5.41) is 11.9. The molecule has 3 aromatic rings. The van der Waals surface area contributed by atoms with Crippen molar-refractivity contribution in [2.45, 2.75) is 6.92 Å². The molecule has 3 rings (SSSR count). The molecule has 0 saturated heterocycles. The summed E-state index contributed by atoms with van der Waals surface area (Å²) >= 11 is 3.38. The van der Waals surface area contributed by atoms with Crippen LogP contribution in [0.3, 0.4) is 0 Å². The Hall–Kier alpha value is -2.21. The monoisotopic (exact) mass is 329 g/mol. The summed E-state index contributed by atoms with van der Waals surface area (Å²) in [6.45, 7) is 2.04. The minimum absolute atomic E-state index is 0.654. The number of aromatic nitrogens is 4. The number of nitrogens with two attached hydrogens (primary N) is 1. The molecule has 0 atom stereocenters. The summed E-state index contributed by atoms with van der Waals surface area (Å²) < 4.78 is 2.55. The Bertz CT molecular complexity index is 749. The fourth-order valence-electron chi connectivity index (χ4n) is 1.91.